The first kappa shape index (κ1) is 20.4. The summed E-state index contributed by atoms with van der Waals surface area (Å²) in [6, 6.07) is 22.9. The summed E-state index contributed by atoms with van der Waals surface area (Å²) in [5.74, 6) is -0.442. The van der Waals surface area contributed by atoms with E-state index in [0.29, 0.717) is 39.0 Å². The van der Waals surface area contributed by atoms with Crippen molar-refractivity contribution in [1.82, 2.24) is 5.16 Å². The van der Waals surface area contributed by atoms with Crippen molar-refractivity contribution in [3.05, 3.63) is 101 Å². The van der Waals surface area contributed by atoms with Gasteiger partial charge in [-0.2, -0.15) is 0 Å². The van der Waals surface area contributed by atoms with E-state index in [0.717, 1.165) is 0 Å². The topological polar surface area (TPSA) is 84.2 Å². The maximum atomic E-state index is 13.1. The molecule has 2 amide bonds. The first-order valence-electron chi connectivity index (χ1n) is 9.52. The van der Waals surface area contributed by atoms with Crippen LogP contribution in [0.25, 0.3) is 11.3 Å². The van der Waals surface area contributed by atoms with E-state index < -0.39 is 5.91 Å². The normalized spacial score (nSPS) is 10.5. The van der Waals surface area contributed by atoms with Crippen molar-refractivity contribution >= 4 is 34.8 Å². The number of carbonyl (C=O) groups is 2. The highest BCUT2D eigenvalue weighted by atomic mass is 35.5. The number of nitrogens with zero attached hydrogens (tertiary/aromatic N) is 1. The molecule has 7 heteroatoms. The Morgan fingerprint density at radius 3 is 2.29 bits per heavy atom. The summed E-state index contributed by atoms with van der Waals surface area (Å²) in [5, 5.41) is 10.1. The van der Waals surface area contributed by atoms with E-state index in [2.05, 4.69) is 15.8 Å². The Kier molecular flexibility index (Phi) is 5.82. The fourth-order valence-corrected chi connectivity index (χ4v) is 3.40. The number of hydrogen-bond acceptors (Lipinski definition) is 4. The van der Waals surface area contributed by atoms with Crippen LogP contribution in [-0.4, -0.2) is 17.0 Å². The molecule has 0 aliphatic rings. The van der Waals surface area contributed by atoms with Crippen molar-refractivity contribution in [2.45, 2.75) is 6.92 Å². The highest BCUT2D eigenvalue weighted by molar-refractivity contribution is 6.33. The first-order chi connectivity index (χ1) is 15.0. The second kappa shape index (κ2) is 8.85. The average molecular weight is 432 g/mol. The predicted molar refractivity (Wildman–Crippen MR) is 120 cm³/mol. The van der Waals surface area contributed by atoms with Crippen LogP contribution in [0.5, 0.6) is 0 Å². The summed E-state index contributed by atoms with van der Waals surface area (Å²) >= 11 is 6.28. The molecule has 0 spiro atoms. The highest BCUT2D eigenvalue weighted by Gasteiger charge is 2.24. The van der Waals surface area contributed by atoms with E-state index in [9.17, 15) is 9.59 Å². The van der Waals surface area contributed by atoms with Crippen LogP contribution < -0.4 is 10.6 Å². The largest absolute Gasteiger partial charge is 0.360 e. The molecule has 154 valence electrons. The van der Waals surface area contributed by atoms with Crippen molar-refractivity contribution in [1.29, 1.82) is 0 Å². The van der Waals surface area contributed by atoms with Crippen LogP contribution in [0.2, 0.25) is 5.02 Å². The highest BCUT2D eigenvalue weighted by Crippen LogP contribution is 2.31. The van der Waals surface area contributed by atoms with Crippen LogP contribution in [-0.2, 0) is 0 Å². The lowest BCUT2D eigenvalue weighted by Gasteiger charge is -2.12. The van der Waals surface area contributed by atoms with Gasteiger partial charge in [0.15, 0.2) is 0 Å². The number of hydrogen-bond donors (Lipinski definition) is 2. The second-order valence-electron chi connectivity index (χ2n) is 6.76. The Hall–Kier alpha value is -3.90. The monoisotopic (exact) mass is 431 g/mol. The standard InChI is InChI=1S/C24H18ClN3O3/c1-15-21(22(28-31-15)17-11-5-7-13-19(17)25)24(30)27-20-14-8-6-12-18(20)23(29)26-16-9-3-2-4-10-16/h2-14H,1H3,(H,26,29)(H,27,30). The molecule has 0 radical (unpaired) electrons. The third-order valence-electron chi connectivity index (χ3n) is 4.67. The first-order valence-corrected chi connectivity index (χ1v) is 9.90. The minimum atomic E-state index is -0.450. The number of halogens is 1. The van der Waals surface area contributed by atoms with Gasteiger partial charge in [-0.3, -0.25) is 9.59 Å². The van der Waals surface area contributed by atoms with Crippen LogP contribution in [0, 0.1) is 6.92 Å². The van der Waals surface area contributed by atoms with E-state index in [-0.39, 0.29) is 11.5 Å². The molecule has 3 aromatic carbocycles. The van der Waals surface area contributed by atoms with Gasteiger partial charge in [0.25, 0.3) is 11.8 Å². The molecule has 4 aromatic rings. The molecule has 0 unspecified atom stereocenters. The molecule has 1 aromatic heterocycles. The van der Waals surface area contributed by atoms with E-state index in [1.807, 2.05) is 18.2 Å². The van der Waals surface area contributed by atoms with Gasteiger partial charge in [-0.1, -0.05) is 65.3 Å². The quantitative estimate of drug-likeness (QED) is 0.417. The molecular weight excluding hydrogens is 414 g/mol. The van der Waals surface area contributed by atoms with Crippen LogP contribution >= 0.6 is 11.6 Å². The van der Waals surface area contributed by atoms with Crippen molar-refractivity contribution in [3.63, 3.8) is 0 Å². The molecule has 0 saturated heterocycles. The van der Waals surface area contributed by atoms with Crippen molar-refractivity contribution in [3.8, 4) is 11.3 Å². The van der Waals surface area contributed by atoms with Gasteiger partial charge in [0, 0.05) is 11.3 Å². The third kappa shape index (κ3) is 4.34. The van der Waals surface area contributed by atoms with Gasteiger partial charge in [0.05, 0.1) is 16.3 Å². The zero-order valence-electron chi connectivity index (χ0n) is 16.6. The zero-order valence-corrected chi connectivity index (χ0v) is 17.3. The minimum absolute atomic E-state index is 0.256. The summed E-state index contributed by atoms with van der Waals surface area (Å²) in [4.78, 5) is 25.9. The molecule has 0 atom stereocenters. The maximum absolute atomic E-state index is 13.1. The molecule has 0 aliphatic heterocycles. The Bertz CT molecular complexity index is 1250. The molecule has 0 aliphatic carbocycles. The van der Waals surface area contributed by atoms with Crippen molar-refractivity contribution < 1.29 is 14.1 Å². The van der Waals surface area contributed by atoms with Gasteiger partial charge in [-0.05, 0) is 37.3 Å². The van der Waals surface area contributed by atoms with Crippen LogP contribution in [0.15, 0.2) is 83.4 Å². The van der Waals surface area contributed by atoms with Crippen LogP contribution in [0.1, 0.15) is 26.5 Å². The Morgan fingerprint density at radius 1 is 0.839 bits per heavy atom. The van der Waals surface area contributed by atoms with Crippen molar-refractivity contribution in [2.75, 3.05) is 10.6 Å². The Balaban J connectivity index is 1.63. The van der Waals surface area contributed by atoms with E-state index in [1.54, 1.807) is 67.6 Å². The maximum Gasteiger partial charge on any atom is 0.261 e. The third-order valence-corrected chi connectivity index (χ3v) is 5.00. The van der Waals surface area contributed by atoms with Gasteiger partial charge in [0.1, 0.15) is 17.0 Å². The average Bonchev–Trinajstić information content (AvgIpc) is 3.16. The molecule has 4 rings (SSSR count). The number of carbonyl (C=O) groups excluding carboxylic acids is 2. The Morgan fingerprint density at radius 2 is 1.52 bits per heavy atom. The summed E-state index contributed by atoms with van der Waals surface area (Å²) in [6.45, 7) is 1.65. The molecule has 0 fully saturated rings. The molecule has 0 saturated carbocycles. The number of amides is 2. The smallest absolute Gasteiger partial charge is 0.261 e. The van der Waals surface area contributed by atoms with Crippen LogP contribution in [0.3, 0.4) is 0 Å². The molecule has 2 N–H and O–H groups in total. The van der Waals surface area contributed by atoms with Gasteiger partial charge in [0.2, 0.25) is 0 Å². The summed E-state index contributed by atoms with van der Waals surface area (Å²) in [6.07, 6.45) is 0. The van der Waals surface area contributed by atoms with Gasteiger partial charge >= 0.3 is 0 Å². The van der Waals surface area contributed by atoms with Crippen LogP contribution in [0.4, 0.5) is 11.4 Å². The lowest BCUT2D eigenvalue weighted by molar-refractivity contribution is 0.102. The summed E-state index contributed by atoms with van der Waals surface area (Å²) < 4.78 is 5.27. The number of aryl methyl sites for hydroxylation is 1. The fourth-order valence-electron chi connectivity index (χ4n) is 3.17. The van der Waals surface area contributed by atoms with Crippen molar-refractivity contribution in [2.24, 2.45) is 0 Å². The number of rotatable bonds is 5. The number of benzene rings is 3. The fraction of sp³-hybridized carbons (Fsp3) is 0.0417. The number of aromatic nitrogens is 1. The number of nitrogens with one attached hydrogen (secondary N) is 2. The molecule has 1 heterocycles. The molecule has 31 heavy (non-hydrogen) atoms. The Labute approximate surface area is 183 Å². The number of anilines is 2. The number of para-hydroxylation sites is 2. The van der Waals surface area contributed by atoms with Gasteiger partial charge in [-0.25, -0.2) is 0 Å². The molecule has 6 nitrogen and oxygen atoms in total. The minimum Gasteiger partial charge on any atom is -0.360 e. The SMILES string of the molecule is Cc1onc(-c2ccccc2Cl)c1C(=O)Nc1ccccc1C(=O)Nc1ccccc1. The lowest BCUT2D eigenvalue weighted by Crippen LogP contribution is -2.19. The predicted octanol–water partition coefficient (Wildman–Crippen LogP) is 5.81. The van der Waals surface area contributed by atoms with Gasteiger partial charge in [-0.15, -0.1) is 0 Å². The molecular formula is C24H18ClN3O3. The lowest BCUT2D eigenvalue weighted by atomic mass is 10.0. The zero-order chi connectivity index (χ0) is 21.8. The summed E-state index contributed by atoms with van der Waals surface area (Å²) in [7, 11) is 0. The molecule has 0 bridgehead atoms. The van der Waals surface area contributed by atoms with E-state index in [1.165, 1.54) is 0 Å². The van der Waals surface area contributed by atoms with Gasteiger partial charge < -0.3 is 15.2 Å². The van der Waals surface area contributed by atoms with E-state index >= 15 is 0 Å². The van der Waals surface area contributed by atoms with E-state index in [4.69, 9.17) is 16.1 Å². The second-order valence-corrected chi connectivity index (χ2v) is 7.17. The summed E-state index contributed by atoms with van der Waals surface area (Å²) in [5.41, 5.74) is 2.53.